The molecule has 0 radical (unpaired) electrons. The second-order valence-electron chi connectivity index (χ2n) is 5.19. The van der Waals surface area contributed by atoms with Gasteiger partial charge >= 0.3 is 0 Å². The van der Waals surface area contributed by atoms with Crippen molar-refractivity contribution in [3.8, 4) is 5.75 Å². The molecule has 1 aliphatic heterocycles. The Bertz CT molecular complexity index is 867. The van der Waals surface area contributed by atoms with Crippen molar-refractivity contribution in [1.82, 2.24) is 9.84 Å². The molecule has 0 spiro atoms. The van der Waals surface area contributed by atoms with Crippen LogP contribution in [-0.4, -0.2) is 30.7 Å². The lowest BCUT2D eigenvalue weighted by atomic mass is 10.0. The summed E-state index contributed by atoms with van der Waals surface area (Å²) >= 11 is 0. The molecule has 120 valence electrons. The minimum atomic E-state index is -3.68. The Balaban J connectivity index is 2.12. The number of carbonyl (C=O) groups is 1. The van der Waals surface area contributed by atoms with Gasteiger partial charge in [0.05, 0.1) is 11.8 Å². The van der Waals surface area contributed by atoms with Gasteiger partial charge in [0, 0.05) is 11.3 Å². The van der Waals surface area contributed by atoms with E-state index in [2.05, 4.69) is 10.1 Å². The summed E-state index contributed by atoms with van der Waals surface area (Å²) in [5, 5.41) is 14.1. The molecule has 3 N–H and O–H groups in total. The predicted octanol–water partition coefficient (Wildman–Crippen LogP) is 1.42. The Labute approximate surface area is 133 Å². The Hall–Kier alpha value is -2.58. The van der Waals surface area contributed by atoms with Crippen molar-refractivity contribution in [1.29, 1.82) is 0 Å². The maximum Gasteiger partial charge on any atom is 0.273 e. The van der Waals surface area contributed by atoms with Crippen molar-refractivity contribution in [3.63, 3.8) is 0 Å². The fraction of sp³-hybridized carbons (Fsp3) is 0.133. The van der Waals surface area contributed by atoms with Crippen LogP contribution in [-0.2, 0) is 10.0 Å². The van der Waals surface area contributed by atoms with Crippen LogP contribution in [0.25, 0.3) is 0 Å². The number of nitrogens with one attached hydrogen (secondary N) is 2. The Morgan fingerprint density at radius 3 is 2.48 bits per heavy atom. The van der Waals surface area contributed by atoms with Crippen LogP contribution in [0.4, 0.5) is 5.69 Å². The normalized spacial score (nSPS) is 17.5. The van der Waals surface area contributed by atoms with Gasteiger partial charge in [-0.2, -0.15) is 0 Å². The Morgan fingerprint density at radius 2 is 1.78 bits per heavy atom. The van der Waals surface area contributed by atoms with Crippen molar-refractivity contribution in [3.05, 3.63) is 59.7 Å². The van der Waals surface area contributed by atoms with Crippen LogP contribution in [0, 0.1) is 0 Å². The SMILES string of the molecule is CS(=O)(=O)NN1C(=O)c2ccccc2NC1c1ccccc1O. The molecule has 1 atom stereocenters. The van der Waals surface area contributed by atoms with E-state index in [1.807, 2.05) is 0 Å². The molecule has 3 rings (SSSR count). The number of rotatable bonds is 3. The number of anilines is 1. The van der Waals surface area contributed by atoms with Gasteiger partial charge in [-0.05, 0) is 18.2 Å². The van der Waals surface area contributed by atoms with Gasteiger partial charge in [-0.3, -0.25) is 4.79 Å². The Morgan fingerprint density at radius 1 is 1.13 bits per heavy atom. The monoisotopic (exact) mass is 333 g/mol. The molecule has 0 aliphatic carbocycles. The number of benzene rings is 2. The predicted molar refractivity (Wildman–Crippen MR) is 85.1 cm³/mol. The molecule has 7 nitrogen and oxygen atoms in total. The lowest BCUT2D eigenvalue weighted by molar-refractivity contribution is 0.0631. The number of aromatic hydroxyl groups is 1. The highest BCUT2D eigenvalue weighted by Crippen LogP contribution is 2.35. The van der Waals surface area contributed by atoms with Gasteiger partial charge in [0.1, 0.15) is 11.9 Å². The lowest BCUT2D eigenvalue weighted by Gasteiger charge is -2.37. The van der Waals surface area contributed by atoms with E-state index in [0.717, 1.165) is 11.3 Å². The quantitative estimate of drug-likeness (QED) is 0.789. The molecule has 0 saturated carbocycles. The zero-order chi connectivity index (χ0) is 16.6. The zero-order valence-electron chi connectivity index (χ0n) is 12.2. The van der Waals surface area contributed by atoms with Crippen molar-refractivity contribution in [2.24, 2.45) is 0 Å². The topological polar surface area (TPSA) is 98.7 Å². The summed E-state index contributed by atoms with van der Waals surface area (Å²) < 4.78 is 23.2. The molecule has 2 aromatic rings. The van der Waals surface area contributed by atoms with E-state index in [9.17, 15) is 18.3 Å². The van der Waals surface area contributed by atoms with Gasteiger partial charge in [0.25, 0.3) is 5.91 Å². The third-order valence-corrected chi connectivity index (χ3v) is 3.95. The highest BCUT2D eigenvalue weighted by Gasteiger charge is 2.35. The first kappa shape index (κ1) is 15.3. The van der Waals surface area contributed by atoms with Gasteiger partial charge in [-0.25, -0.2) is 13.4 Å². The van der Waals surface area contributed by atoms with Crippen LogP contribution in [0.1, 0.15) is 22.1 Å². The zero-order valence-corrected chi connectivity index (χ0v) is 13.0. The molecule has 1 amide bonds. The number of sulfonamides is 1. The fourth-order valence-electron chi connectivity index (χ4n) is 2.46. The summed E-state index contributed by atoms with van der Waals surface area (Å²) in [7, 11) is -3.68. The summed E-state index contributed by atoms with van der Waals surface area (Å²) in [5.41, 5.74) is 1.29. The van der Waals surface area contributed by atoms with Gasteiger partial charge in [-0.1, -0.05) is 30.3 Å². The summed E-state index contributed by atoms with van der Waals surface area (Å²) in [6, 6.07) is 13.2. The number of fused-ring (bicyclic) bond motifs is 1. The number of amides is 1. The third kappa shape index (κ3) is 2.99. The number of hydrogen-bond acceptors (Lipinski definition) is 5. The molecule has 8 heteroatoms. The minimum absolute atomic E-state index is 0.0440. The number of phenols is 1. The van der Waals surface area contributed by atoms with E-state index in [-0.39, 0.29) is 5.75 Å². The third-order valence-electron chi connectivity index (χ3n) is 3.42. The average Bonchev–Trinajstić information content (AvgIpc) is 2.50. The molecule has 0 bridgehead atoms. The van der Waals surface area contributed by atoms with E-state index in [4.69, 9.17) is 0 Å². The van der Waals surface area contributed by atoms with Gasteiger partial charge < -0.3 is 10.4 Å². The number of nitrogens with zero attached hydrogens (tertiary/aromatic N) is 1. The summed E-state index contributed by atoms with van der Waals surface area (Å²) in [6.07, 6.45) is 0.0937. The van der Waals surface area contributed by atoms with Gasteiger partial charge in [0.15, 0.2) is 0 Å². The summed E-state index contributed by atoms with van der Waals surface area (Å²) in [6.45, 7) is 0. The van der Waals surface area contributed by atoms with Crippen molar-refractivity contribution in [2.75, 3.05) is 11.6 Å². The van der Waals surface area contributed by atoms with Crippen molar-refractivity contribution in [2.45, 2.75) is 6.17 Å². The van der Waals surface area contributed by atoms with E-state index in [1.54, 1.807) is 42.5 Å². The maximum atomic E-state index is 12.7. The van der Waals surface area contributed by atoms with E-state index < -0.39 is 22.1 Å². The van der Waals surface area contributed by atoms with Crippen LogP contribution in [0.3, 0.4) is 0 Å². The highest BCUT2D eigenvalue weighted by molar-refractivity contribution is 7.88. The molecule has 23 heavy (non-hydrogen) atoms. The summed E-state index contributed by atoms with van der Waals surface area (Å²) in [4.78, 5) is 14.9. The van der Waals surface area contributed by atoms with E-state index in [0.29, 0.717) is 16.8 Å². The van der Waals surface area contributed by atoms with Crippen LogP contribution >= 0.6 is 0 Å². The number of phenolic OH excluding ortho intramolecular Hbond substituents is 1. The molecule has 2 aromatic carbocycles. The molecule has 1 unspecified atom stereocenters. The van der Waals surface area contributed by atoms with Crippen molar-refractivity contribution >= 4 is 21.6 Å². The number of hydrogen-bond donors (Lipinski definition) is 3. The highest BCUT2D eigenvalue weighted by atomic mass is 32.2. The molecule has 0 fully saturated rings. The molecule has 0 saturated heterocycles. The number of hydrazine groups is 1. The minimum Gasteiger partial charge on any atom is -0.508 e. The average molecular weight is 333 g/mol. The first-order chi connectivity index (χ1) is 10.9. The van der Waals surface area contributed by atoms with E-state index in [1.165, 1.54) is 6.07 Å². The van der Waals surface area contributed by atoms with E-state index >= 15 is 0 Å². The molecular weight excluding hydrogens is 318 g/mol. The van der Waals surface area contributed by atoms with Crippen LogP contribution < -0.4 is 10.1 Å². The molecular formula is C15H15N3O4S. The largest absolute Gasteiger partial charge is 0.508 e. The molecule has 1 heterocycles. The van der Waals surface area contributed by atoms with Crippen molar-refractivity contribution < 1.29 is 18.3 Å². The number of carbonyl (C=O) groups excluding carboxylic acids is 1. The summed E-state index contributed by atoms with van der Waals surface area (Å²) in [5.74, 6) is -0.546. The maximum absolute atomic E-state index is 12.7. The molecule has 0 aromatic heterocycles. The second-order valence-corrected chi connectivity index (χ2v) is 6.92. The molecule has 1 aliphatic rings. The Kier molecular flexibility index (Phi) is 3.70. The van der Waals surface area contributed by atoms with Crippen LogP contribution in [0.2, 0.25) is 0 Å². The first-order valence-corrected chi connectivity index (χ1v) is 8.70. The van der Waals surface area contributed by atoms with Crippen LogP contribution in [0.15, 0.2) is 48.5 Å². The fourth-order valence-corrected chi connectivity index (χ4v) is 3.01. The van der Waals surface area contributed by atoms with Gasteiger partial charge in [-0.15, -0.1) is 4.83 Å². The van der Waals surface area contributed by atoms with Gasteiger partial charge in [0.2, 0.25) is 10.0 Å². The number of para-hydroxylation sites is 2. The lowest BCUT2D eigenvalue weighted by Crippen LogP contribution is -2.52. The first-order valence-electron chi connectivity index (χ1n) is 6.81. The second kappa shape index (κ2) is 5.56. The van der Waals surface area contributed by atoms with Crippen LogP contribution in [0.5, 0.6) is 5.75 Å². The smallest absolute Gasteiger partial charge is 0.273 e. The standard InChI is InChI=1S/C15H15N3O4S/c1-23(21,22)17-18-14(11-7-3-5-9-13(11)19)16-12-8-4-2-6-10(12)15(18)20/h2-9,14,16-17,19H,1H3.